The zero-order chi connectivity index (χ0) is 26.1. The summed E-state index contributed by atoms with van der Waals surface area (Å²) in [5.41, 5.74) is 3.30. The number of likely N-dealkylation sites (tertiary alicyclic amines) is 1. The second kappa shape index (κ2) is 10.3. The molecule has 0 aliphatic carbocycles. The molecule has 2 aromatic carbocycles. The van der Waals surface area contributed by atoms with Crippen molar-refractivity contribution in [2.75, 3.05) is 13.2 Å². The number of rotatable bonds is 7. The first-order valence-electron chi connectivity index (χ1n) is 12.3. The van der Waals surface area contributed by atoms with Gasteiger partial charge in [0.15, 0.2) is 0 Å². The van der Waals surface area contributed by atoms with E-state index in [0.717, 1.165) is 40.7 Å². The lowest BCUT2D eigenvalue weighted by molar-refractivity contribution is 0.0214. The molecule has 0 spiro atoms. The molecule has 0 bridgehead atoms. The van der Waals surface area contributed by atoms with Crippen LogP contribution in [0.25, 0.3) is 11.0 Å². The third-order valence-electron chi connectivity index (χ3n) is 6.26. The Morgan fingerprint density at radius 1 is 1.17 bits per heavy atom. The third-order valence-corrected chi connectivity index (χ3v) is 7.58. The molecule has 4 rings (SSSR count). The Kier molecular flexibility index (Phi) is 7.47. The van der Waals surface area contributed by atoms with Gasteiger partial charge >= 0.3 is 6.09 Å². The topological polar surface area (TPSA) is 90.7 Å². The van der Waals surface area contributed by atoms with Gasteiger partial charge in [-0.05, 0) is 64.8 Å². The van der Waals surface area contributed by atoms with Gasteiger partial charge in [0.05, 0.1) is 28.6 Å². The van der Waals surface area contributed by atoms with Crippen molar-refractivity contribution >= 4 is 40.6 Å². The van der Waals surface area contributed by atoms with E-state index in [1.807, 2.05) is 53.7 Å². The summed E-state index contributed by atoms with van der Waals surface area (Å²) in [5, 5.41) is 0. The lowest BCUT2D eigenvalue weighted by Crippen LogP contribution is -2.41. The summed E-state index contributed by atoms with van der Waals surface area (Å²) < 4.78 is 38.3. The highest BCUT2D eigenvalue weighted by Gasteiger charge is 2.33. The SMILES string of the molecule is Bc1ccc2c(c1)nc(CCOS(=O)(=O)c1ccc(C)cc1)n2CC1CCCN1C(=O)OC(C)(C)C. The monoisotopic (exact) mass is 511 g/mol. The molecule has 8 nitrogen and oxygen atoms in total. The van der Waals surface area contributed by atoms with Crippen LogP contribution in [0.1, 0.15) is 45.0 Å². The second-order valence-corrected chi connectivity index (χ2v) is 12.1. The standard InChI is InChI=1S/C26H34BN3O5S/c1-18-7-10-21(11-8-18)36(32,33)34-15-13-24-28-22-16-19(27)9-12-23(22)30(24)17-20-6-5-14-29(20)25(31)35-26(2,3)4/h7-12,16,20H,5-6,13-15,17,27H2,1-4H3. The fraction of sp³-hybridized carbons (Fsp3) is 0.462. The number of hydrogen-bond acceptors (Lipinski definition) is 6. The number of ether oxygens (including phenoxy) is 1. The molecule has 0 N–H and O–H groups in total. The minimum atomic E-state index is -3.86. The van der Waals surface area contributed by atoms with Crippen molar-refractivity contribution < 1.29 is 22.1 Å². The molecular weight excluding hydrogens is 477 g/mol. The average Bonchev–Trinajstić information content (AvgIpc) is 3.37. The summed E-state index contributed by atoms with van der Waals surface area (Å²) in [4.78, 5) is 19.6. The predicted octanol–water partition coefficient (Wildman–Crippen LogP) is 2.95. The summed E-state index contributed by atoms with van der Waals surface area (Å²) in [6.45, 7) is 8.67. The quantitative estimate of drug-likeness (QED) is 0.358. The van der Waals surface area contributed by atoms with Crippen molar-refractivity contribution in [3.63, 3.8) is 0 Å². The van der Waals surface area contributed by atoms with E-state index in [1.54, 1.807) is 29.2 Å². The summed E-state index contributed by atoms with van der Waals surface area (Å²) in [6.07, 6.45) is 1.78. The van der Waals surface area contributed by atoms with Gasteiger partial charge in [0, 0.05) is 19.5 Å². The molecule has 1 aliphatic rings. The molecule has 1 aromatic heterocycles. The highest BCUT2D eigenvalue weighted by molar-refractivity contribution is 7.86. The Labute approximate surface area is 214 Å². The van der Waals surface area contributed by atoms with E-state index in [1.165, 1.54) is 0 Å². The van der Waals surface area contributed by atoms with Crippen LogP contribution >= 0.6 is 0 Å². The van der Waals surface area contributed by atoms with Crippen LogP contribution < -0.4 is 5.46 Å². The van der Waals surface area contributed by atoms with Crippen molar-refractivity contribution in [2.24, 2.45) is 0 Å². The third kappa shape index (κ3) is 6.10. The number of imidazole rings is 1. The minimum absolute atomic E-state index is 0.0288. The smallest absolute Gasteiger partial charge is 0.410 e. The number of hydrogen-bond donors (Lipinski definition) is 0. The first-order valence-corrected chi connectivity index (χ1v) is 13.8. The van der Waals surface area contributed by atoms with E-state index < -0.39 is 15.7 Å². The molecule has 1 atom stereocenters. The largest absolute Gasteiger partial charge is 0.444 e. The maximum Gasteiger partial charge on any atom is 0.410 e. The van der Waals surface area contributed by atoms with Crippen LogP contribution in [0.2, 0.25) is 0 Å². The molecule has 36 heavy (non-hydrogen) atoms. The molecule has 0 radical (unpaired) electrons. The van der Waals surface area contributed by atoms with Crippen LogP contribution in [0.5, 0.6) is 0 Å². The summed E-state index contributed by atoms with van der Waals surface area (Å²) in [7, 11) is -1.85. The molecule has 1 fully saturated rings. The number of nitrogens with zero attached hydrogens (tertiary/aromatic N) is 3. The van der Waals surface area contributed by atoms with Crippen LogP contribution in [-0.2, 0) is 32.0 Å². The van der Waals surface area contributed by atoms with Gasteiger partial charge in [0.25, 0.3) is 10.1 Å². The zero-order valence-electron chi connectivity index (χ0n) is 21.7. The minimum Gasteiger partial charge on any atom is -0.444 e. The highest BCUT2D eigenvalue weighted by atomic mass is 32.2. The normalized spacial score (nSPS) is 16.6. The fourth-order valence-corrected chi connectivity index (χ4v) is 5.41. The summed E-state index contributed by atoms with van der Waals surface area (Å²) in [6, 6.07) is 12.6. The summed E-state index contributed by atoms with van der Waals surface area (Å²) >= 11 is 0. The Balaban J connectivity index is 1.54. The maximum absolute atomic E-state index is 12.8. The van der Waals surface area contributed by atoms with E-state index >= 15 is 0 Å². The number of carbonyl (C=O) groups excluding carboxylic acids is 1. The highest BCUT2D eigenvalue weighted by Crippen LogP contribution is 2.25. The molecule has 1 unspecified atom stereocenters. The van der Waals surface area contributed by atoms with E-state index in [4.69, 9.17) is 13.9 Å². The first-order chi connectivity index (χ1) is 16.9. The van der Waals surface area contributed by atoms with Crippen LogP contribution in [0.15, 0.2) is 47.4 Å². The van der Waals surface area contributed by atoms with Crippen molar-refractivity contribution in [3.05, 3.63) is 53.9 Å². The molecule has 0 saturated carbocycles. The number of carbonyl (C=O) groups is 1. The van der Waals surface area contributed by atoms with Gasteiger partial charge in [-0.1, -0.05) is 29.2 Å². The Hall–Kier alpha value is -2.85. The summed E-state index contributed by atoms with van der Waals surface area (Å²) in [5.74, 6) is 0.728. The zero-order valence-corrected chi connectivity index (χ0v) is 22.5. The molecular formula is C26H34BN3O5S. The molecule has 10 heteroatoms. The first kappa shape index (κ1) is 26.2. The van der Waals surface area contributed by atoms with E-state index in [2.05, 4.69) is 4.57 Å². The van der Waals surface area contributed by atoms with Gasteiger partial charge in [0.1, 0.15) is 19.3 Å². The van der Waals surface area contributed by atoms with E-state index in [-0.39, 0.29) is 23.6 Å². The number of aryl methyl sites for hydroxylation is 1. The molecule has 1 amide bonds. The van der Waals surface area contributed by atoms with Gasteiger partial charge in [0.2, 0.25) is 0 Å². The van der Waals surface area contributed by atoms with E-state index in [0.29, 0.717) is 19.5 Å². The maximum atomic E-state index is 12.8. The van der Waals surface area contributed by atoms with Crippen molar-refractivity contribution in [1.29, 1.82) is 0 Å². The van der Waals surface area contributed by atoms with Crippen LogP contribution in [0, 0.1) is 6.92 Å². The van der Waals surface area contributed by atoms with Crippen LogP contribution in [0.4, 0.5) is 4.79 Å². The lowest BCUT2D eigenvalue weighted by atomic mass is 9.96. The van der Waals surface area contributed by atoms with Gasteiger partial charge in [-0.2, -0.15) is 8.42 Å². The predicted molar refractivity (Wildman–Crippen MR) is 142 cm³/mol. The molecule has 1 aliphatic heterocycles. The van der Waals surface area contributed by atoms with Gasteiger partial charge in [-0.15, -0.1) is 0 Å². The van der Waals surface area contributed by atoms with Gasteiger partial charge in [-0.25, -0.2) is 9.78 Å². The molecule has 3 aromatic rings. The van der Waals surface area contributed by atoms with Crippen molar-refractivity contribution in [3.8, 4) is 0 Å². The molecule has 2 heterocycles. The van der Waals surface area contributed by atoms with Gasteiger partial charge < -0.3 is 14.2 Å². The van der Waals surface area contributed by atoms with Crippen LogP contribution in [0.3, 0.4) is 0 Å². The second-order valence-electron chi connectivity index (χ2n) is 10.4. The van der Waals surface area contributed by atoms with Crippen LogP contribution in [-0.4, -0.2) is 61.6 Å². The lowest BCUT2D eigenvalue weighted by Gasteiger charge is -2.29. The van der Waals surface area contributed by atoms with Crippen molar-refractivity contribution in [1.82, 2.24) is 14.5 Å². The fourth-order valence-electron chi connectivity index (χ4n) is 4.50. The number of amides is 1. The van der Waals surface area contributed by atoms with Crippen molar-refractivity contribution in [2.45, 2.75) is 70.0 Å². The Morgan fingerprint density at radius 2 is 1.89 bits per heavy atom. The molecule has 1 saturated heterocycles. The average molecular weight is 511 g/mol. The number of aromatic nitrogens is 2. The molecule has 192 valence electrons. The number of fused-ring (bicyclic) bond motifs is 1. The van der Waals surface area contributed by atoms with Gasteiger partial charge in [-0.3, -0.25) is 4.18 Å². The van der Waals surface area contributed by atoms with E-state index in [9.17, 15) is 13.2 Å². The Morgan fingerprint density at radius 3 is 2.58 bits per heavy atom. The number of benzene rings is 2. The Bertz CT molecular complexity index is 1350.